The van der Waals surface area contributed by atoms with Crippen LogP contribution in [-0.4, -0.2) is 63.2 Å². The second-order valence-electron chi connectivity index (χ2n) is 7.46. The number of urea groups is 1. The maximum atomic E-state index is 11.7. The highest BCUT2D eigenvalue weighted by atomic mass is 32.3. The van der Waals surface area contributed by atoms with Gasteiger partial charge >= 0.3 is 6.03 Å². The minimum Gasteiger partial charge on any atom is -0.377 e. The monoisotopic (exact) mass is 449 g/mol. The zero-order chi connectivity index (χ0) is 22.4. The van der Waals surface area contributed by atoms with Crippen molar-refractivity contribution in [2.45, 2.75) is 32.6 Å². The highest BCUT2D eigenvalue weighted by molar-refractivity contribution is 8.23. The molecule has 2 aromatic rings. The molecule has 0 bridgehead atoms. The number of amides is 2. The predicted octanol–water partition coefficient (Wildman–Crippen LogP) is 3.78. The number of carbonyl (C=O) groups excluding carboxylic acids is 1. The number of aromatic nitrogens is 2. The second kappa shape index (κ2) is 10.3. The number of rotatable bonds is 7. The molecule has 1 saturated heterocycles. The number of ether oxygens (including phenoxy) is 1. The summed E-state index contributed by atoms with van der Waals surface area (Å²) in [4.78, 5) is 23.2. The number of hydrogen-bond donors (Lipinski definition) is 4. The summed E-state index contributed by atoms with van der Waals surface area (Å²) < 4.78 is 26.0. The third kappa shape index (κ3) is 6.30. The molecule has 0 saturated carbocycles. The molecule has 1 aromatic carbocycles. The summed E-state index contributed by atoms with van der Waals surface area (Å²) in [6, 6.07) is 8.98. The van der Waals surface area contributed by atoms with Crippen LogP contribution in [0.15, 0.2) is 30.3 Å². The maximum absolute atomic E-state index is 11.7. The first kappa shape index (κ1) is 23.3. The Morgan fingerprint density at radius 3 is 2.65 bits per heavy atom. The first-order valence-electron chi connectivity index (χ1n) is 10.4. The van der Waals surface area contributed by atoms with E-state index in [1.165, 1.54) is 0 Å². The highest BCUT2D eigenvalue weighted by Crippen LogP contribution is 2.42. The van der Waals surface area contributed by atoms with Gasteiger partial charge in [0.15, 0.2) is 5.82 Å². The Hall–Kier alpha value is -2.40. The van der Waals surface area contributed by atoms with Gasteiger partial charge in [0.1, 0.15) is 5.82 Å². The van der Waals surface area contributed by atoms with Crippen molar-refractivity contribution in [2.75, 3.05) is 42.3 Å². The number of nitrogens with zero attached hydrogens (tertiary/aromatic N) is 3. The molecule has 2 heterocycles. The van der Waals surface area contributed by atoms with Crippen molar-refractivity contribution in [3.63, 3.8) is 0 Å². The third-order valence-corrected chi connectivity index (χ3v) is 6.69. The number of nitrogens with one attached hydrogen (secondary N) is 2. The largest absolute Gasteiger partial charge is 0.377 e. The lowest BCUT2D eigenvalue weighted by atomic mass is 10.2. The van der Waals surface area contributed by atoms with Crippen LogP contribution in [0.4, 0.5) is 16.3 Å². The fourth-order valence-electron chi connectivity index (χ4n) is 3.28. The molecular weight excluding hydrogens is 418 g/mol. The molecule has 1 atom stereocenters. The third-order valence-electron chi connectivity index (χ3n) is 5.01. The van der Waals surface area contributed by atoms with Crippen molar-refractivity contribution < 1.29 is 18.6 Å². The summed E-state index contributed by atoms with van der Waals surface area (Å²) in [5.41, 5.74) is 2.02. The SMILES string of the molecule is CCNC(=O)Nc1ccc(-c2nc(CS(O)(O)CC)cc(N3CCOC[C@@H]3C)n2)cc1. The molecule has 1 aromatic heterocycles. The van der Waals surface area contributed by atoms with E-state index in [-0.39, 0.29) is 23.6 Å². The van der Waals surface area contributed by atoms with Gasteiger partial charge in [0.05, 0.1) is 30.7 Å². The molecule has 1 fully saturated rings. The molecule has 3 rings (SSSR count). The smallest absolute Gasteiger partial charge is 0.319 e. The van der Waals surface area contributed by atoms with Crippen molar-refractivity contribution in [3.8, 4) is 11.4 Å². The van der Waals surface area contributed by atoms with Gasteiger partial charge in [-0.1, -0.05) is 0 Å². The molecule has 170 valence electrons. The van der Waals surface area contributed by atoms with Crippen LogP contribution in [0, 0.1) is 0 Å². The molecule has 0 aliphatic carbocycles. The van der Waals surface area contributed by atoms with Gasteiger partial charge < -0.3 is 20.3 Å². The second-order valence-corrected chi connectivity index (χ2v) is 9.93. The van der Waals surface area contributed by atoms with Crippen LogP contribution in [-0.2, 0) is 10.5 Å². The Morgan fingerprint density at radius 1 is 1.26 bits per heavy atom. The van der Waals surface area contributed by atoms with Gasteiger partial charge in [-0.15, -0.1) is 0 Å². The molecule has 0 spiro atoms. The van der Waals surface area contributed by atoms with Gasteiger partial charge in [0.2, 0.25) is 0 Å². The predicted molar refractivity (Wildman–Crippen MR) is 125 cm³/mol. The number of carbonyl (C=O) groups is 1. The molecular formula is C21H31N5O4S. The molecule has 0 unspecified atom stereocenters. The van der Waals surface area contributed by atoms with E-state index in [1.54, 1.807) is 19.1 Å². The molecule has 0 radical (unpaired) electrons. The van der Waals surface area contributed by atoms with E-state index in [1.807, 2.05) is 25.1 Å². The highest BCUT2D eigenvalue weighted by Gasteiger charge is 2.23. The van der Waals surface area contributed by atoms with Crippen LogP contribution in [0.3, 0.4) is 0 Å². The lowest BCUT2D eigenvalue weighted by molar-refractivity contribution is 0.0985. The van der Waals surface area contributed by atoms with Crippen LogP contribution in [0.1, 0.15) is 26.5 Å². The number of anilines is 2. The van der Waals surface area contributed by atoms with Crippen LogP contribution >= 0.6 is 10.6 Å². The summed E-state index contributed by atoms with van der Waals surface area (Å²) >= 11 is 0. The quantitative estimate of drug-likeness (QED) is 0.508. The standard InChI is InChI=1S/C21H31N5O4S/c1-4-22-21(27)24-17-8-6-16(7-9-17)20-23-18(14-31(28,29)5-2)12-19(25-20)26-10-11-30-13-15(26)3/h6-9,12,15,28-29H,4-5,10-11,13-14H2,1-3H3,(H2,22,24,27)/t15-/m0/s1. The zero-order valence-electron chi connectivity index (χ0n) is 18.2. The summed E-state index contributed by atoms with van der Waals surface area (Å²) in [7, 11) is -2.75. The van der Waals surface area contributed by atoms with E-state index in [0.29, 0.717) is 43.5 Å². The van der Waals surface area contributed by atoms with Crippen molar-refractivity contribution in [2.24, 2.45) is 0 Å². The number of morpholine rings is 1. The van der Waals surface area contributed by atoms with Crippen molar-refractivity contribution in [3.05, 3.63) is 36.0 Å². The number of benzene rings is 1. The molecule has 31 heavy (non-hydrogen) atoms. The Morgan fingerprint density at radius 2 is 2.00 bits per heavy atom. The van der Waals surface area contributed by atoms with Crippen LogP contribution in [0.2, 0.25) is 0 Å². The molecule has 1 aliphatic heterocycles. The van der Waals surface area contributed by atoms with Crippen molar-refractivity contribution in [1.82, 2.24) is 15.3 Å². The molecule has 9 nitrogen and oxygen atoms in total. The average Bonchev–Trinajstić information content (AvgIpc) is 2.74. The summed E-state index contributed by atoms with van der Waals surface area (Å²) in [6.07, 6.45) is 0. The molecule has 1 aliphatic rings. The van der Waals surface area contributed by atoms with Gasteiger partial charge in [0.25, 0.3) is 0 Å². The van der Waals surface area contributed by atoms with E-state index in [4.69, 9.17) is 9.72 Å². The Labute approximate surface area is 184 Å². The van der Waals surface area contributed by atoms with Crippen molar-refractivity contribution >= 4 is 28.1 Å². The minimum atomic E-state index is -2.75. The molecule has 2 amide bonds. The van der Waals surface area contributed by atoms with Gasteiger partial charge in [-0.3, -0.25) is 9.11 Å². The van der Waals surface area contributed by atoms with Gasteiger partial charge in [-0.2, -0.15) is 10.6 Å². The maximum Gasteiger partial charge on any atom is 0.319 e. The summed E-state index contributed by atoms with van der Waals surface area (Å²) in [5, 5.41) is 5.45. The molecule has 4 N–H and O–H groups in total. The lowest BCUT2D eigenvalue weighted by Gasteiger charge is -2.35. The topological polar surface area (TPSA) is 120 Å². The first-order chi connectivity index (χ1) is 14.8. The van der Waals surface area contributed by atoms with E-state index >= 15 is 0 Å². The Bertz CT molecular complexity index is 894. The minimum absolute atomic E-state index is 0.0849. The van der Waals surface area contributed by atoms with Gasteiger partial charge in [-0.05, 0) is 45.0 Å². The first-order valence-corrected chi connectivity index (χ1v) is 12.3. The van der Waals surface area contributed by atoms with E-state index < -0.39 is 10.6 Å². The van der Waals surface area contributed by atoms with E-state index in [0.717, 1.165) is 11.4 Å². The van der Waals surface area contributed by atoms with E-state index in [9.17, 15) is 13.9 Å². The molecule has 10 heteroatoms. The van der Waals surface area contributed by atoms with E-state index in [2.05, 4.69) is 27.4 Å². The zero-order valence-corrected chi connectivity index (χ0v) is 19.0. The summed E-state index contributed by atoms with van der Waals surface area (Å²) in [6.45, 7) is 8.15. The summed E-state index contributed by atoms with van der Waals surface area (Å²) in [5.74, 6) is 1.60. The van der Waals surface area contributed by atoms with Crippen LogP contribution < -0.4 is 15.5 Å². The fraction of sp³-hybridized carbons (Fsp3) is 0.476. The Balaban J connectivity index is 1.92. The lowest BCUT2D eigenvalue weighted by Crippen LogP contribution is -2.44. The van der Waals surface area contributed by atoms with Gasteiger partial charge in [0, 0.05) is 36.2 Å². The number of hydrogen-bond acceptors (Lipinski definition) is 7. The van der Waals surface area contributed by atoms with Gasteiger partial charge in [-0.25, -0.2) is 14.8 Å². The fourth-order valence-corrected chi connectivity index (χ4v) is 4.10. The average molecular weight is 450 g/mol. The normalized spacial score (nSPS) is 17.3. The van der Waals surface area contributed by atoms with Crippen molar-refractivity contribution in [1.29, 1.82) is 0 Å². The van der Waals surface area contributed by atoms with Crippen LogP contribution in [0.25, 0.3) is 11.4 Å². The Kier molecular flexibility index (Phi) is 7.71. The van der Waals surface area contributed by atoms with Crippen LogP contribution in [0.5, 0.6) is 0 Å².